The molecule has 1 unspecified atom stereocenters. The van der Waals surface area contributed by atoms with E-state index in [-0.39, 0.29) is 12.5 Å². The molecule has 1 aliphatic heterocycles. The van der Waals surface area contributed by atoms with Crippen LogP contribution in [0.2, 0.25) is 0 Å². The Morgan fingerprint density at radius 1 is 1.22 bits per heavy atom. The van der Waals surface area contributed by atoms with Crippen LogP contribution in [0.1, 0.15) is 34.8 Å². The number of hydrogen-bond donors (Lipinski definition) is 1. The molecule has 1 saturated heterocycles. The number of ether oxygens (including phenoxy) is 2. The van der Waals surface area contributed by atoms with E-state index in [4.69, 9.17) is 14.6 Å². The van der Waals surface area contributed by atoms with Gasteiger partial charge >= 0.3 is 5.97 Å². The minimum Gasteiger partial charge on any atom is -0.489 e. The molecule has 5 nitrogen and oxygen atoms in total. The molecule has 2 aromatic carbocycles. The number of carbonyl (C=O) groups is 1. The first kappa shape index (κ1) is 19.4. The molecule has 3 rings (SSSR count). The topological polar surface area (TPSA) is 59.0 Å². The summed E-state index contributed by atoms with van der Waals surface area (Å²) in [5.74, 6) is 0.0830. The van der Waals surface area contributed by atoms with Crippen molar-refractivity contribution >= 4 is 5.97 Å². The third-order valence-electron chi connectivity index (χ3n) is 4.91. The second kappa shape index (κ2) is 9.02. The zero-order valence-electron chi connectivity index (χ0n) is 16.0. The van der Waals surface area contributed by atoms with Gasteiger partial charge < -0.3 is 14.6 Å². The second-order valence-electron chi connectivity index (χ2n) is 7.10. The highest BCUT2D eigenvalue weighted by atomic mass is 16.5. The number of nitrogens with zero attached hydrogens (tertiary/aromatic N) is 1. The van der Waals surface area contributed by atoms with Crippen molar-refractivity contribution in [1.29, 1.82) is 0 Å². The van der Waals surface area contributed by atoms with Crippen molar-refractivity contribution in [3.63, 3.8) is 0 Å². The van der Waals surface area contributed by atoms with Gasteiger partial charge in [-0.05, 0) is 42.7 Å². The number of benzene rings is 2. The van der Waals surface area contributed by atoms with Gasteiger partial charge in [0, 0.05) is 19.6 Å². The van der Waals surface area contributed by atoms with Crippen LogP contribution in [0.4, 0.5) is 0 Å². The zero-order valence-corrected chi connectivity index (χ0v) is 16.0. The van der Waals surface area contributed by atoms with E-state index in [2.05, 4.69) is 49.1 Å². The average molecular weight is 369 g/mol. The smallest absolute Gasteiger partial charge is 0.304 e. The van der Waals surface area contributed by atoms with Crippen molar-refractivity contribution in [2.24, 2.45) is 0 Å². The molecule has 0 amide bonds. The minimum atomic E-state index is -0.760. The Morgan fingerprint density at radius 3 is 2.70 bits per heavy atom. The summed E-state index contributed by atoms with van der Waals surface area (Å²) in [4.78, 5) is 13.0. The third kappa shape index (κ3) is 5.55. The fourth-order valence-electron chi connectivity index (χ4n) is 3.30. The normalized spacial score (nSPS) is 17.6. The first-order chi connectivity index (χ1) is 13.0. The van der Waals surface area contributed by atoms with Gasteiger partial charge in [0.1, 0.15) is 12.4 Å². The zero-order chi connectivity index (χ0) is 19.2. The van der Waals surface area contributed by atoms with E-state index >= 15 is 0 Å². The number of aliphatic carboxylic acids is 1. The number of carboxylic acid groups (broad SMARTS) is 1. The molecule has 1 atom stereocenters. The van der Waals surface area contributed by atoms with Crippen LogP contribution in [0.3, 0.4) is 0 Å². The van der Waals surface area contributed by atoms with Gasteiger partial charge in [0.05, 0.1) is 19.1 Å². The molecule has 2 aromatic rings. The van der Waals surface area contributed by atoms with Gasteiger partial charge in [-0.1, -0.05) is 35.9 Å². The predicted octanol–water partition coefficient (Wildman–Crippen LogP) is 3.73. The summed E-state index contributed by atoms with van der Waals surface area (Å²) in [5, 5.41) is 8.88. The molecule has 0 radical (unpaired) electrons. The van der Waals surface area contributed by atoms with Gasteiger partial charge in [0.15, 0.2) is 0 Å². The van der Waals surface area contributed by atoms with Crippen LogP contribution in [0.25, 0.3) is 0 Å². The monoisotopic (exact) mass is 369 g/mol. The maximum atomic E-state index is 10.8. The van der Waals surface area contributed by atoms with Crippen LogP contribution in [0.15, 0.2) is 42.5 Å². The van der Waals surface area contributed by atoms with Gasteiger partial charge in [-0.2, -0.15) is 0 Å². The van der Waals surface area contributed by atoms with E-state index in [1.54, 1.807) is 0 Å². The van der Waals surface area contributed by atoms with Crippen molar-refractivity contribution in [3.05, 3.63) is 64.7 Å². The van der Waals surface area contributed by atoms with Crippen LogP contribution in [-0.2, 0) is 16.1 Å². The Bertz CT molecular complexity index is 772. The summed E-state index contributed by atoms with van der Waals surface area (Å²) >= 11 is 0. The minimum absolute atomic E-state index is 0.0290. The van der Waals surface area contributed by atoms with E-state index in [1.165, 1.54) is 5.56 Å². The molecule has 27 heavy (non-hydrogen) atoms. The SMILES string of the molecule is Cc1ccc(COc2ccc(C3CN(CCC(=O)O)CCO3)c(C)c2)cc1. The van der Waals surface area contributed by atoms with Crippen molar-refractivity contribution in [3.8, 4) is 5.75 Å². The van der Waals surface area contributed by atoms with E-state index in [0.29, 0.717) is 19.8 Å². The van der Waals surface area contributed by atoms with Gasteiger partial charge in [-0.15, -0.1) is 0 Å². The summed E-state index contributed by atoms with van der Waals surface area (Å²) in [7, 11) is 0. The van der Waals surface area contributed by atoms with Crippen molar-refractivity contribution in [1.82, 2.24) is 4.90 Å². The lowest BCUT2D eigenvalue weighted by atomic mass is 10.0. The number of morpholine rings is 1. The molecular weight excluding hydrogens is 342 g/mol. The fourth-order valence-corrected chi connectivity index (χ4v) is 3.30. The Kier molecular flexibility index (Phi) is 6.48. The number of aryl methyl sites for hydroxylation is 2. The molecule has 0 bridgehead atoms. The third-order valence-corrected chi connectivity index (χ3v) is 4.91. The van der Waals surface area contributed by atoms with Gasteiger partial charge in [-0.3, -0.25) is 9.69 Å². The fraction of sp³-hybridized carbons (Fsp3) is 0.409. The molecule has 1 N–H and O–H groups in total. The molecule has 1 aliphatic rings. The maximum Gasteiger partial charge on any atom is 0.304 e. The van der Waals surface area contributed by atoms with E-state index in [0.717, 1.165) is 35.5 Å². The van der Waals surface area contributed by atoms with Gasteiger partial charge in [0.2, 0.25) is 0 Å². The molecule has 144 valence electrons. The molecule has 0 saturated carbocycles. The van der Waals surface area contributed by atoms with Crippen LogP contribution in [-0.4, -0.2) is 42.2 Å². The summed E-state index contributed by atoms with van der Waals surface area (Å²) in [6.07, 6.45) is 0.135. The molecule has 5 heteroatoms. The number of hydrogen-bond acceptors (Lipinski definition) is 4. The van der Waals surface area contributed by atoms with E-state index < -0.39 is 5.97 Å². The first-order valence-corrected chi connectivity index (χ1v) is 9.36. The van der Waals surface area contributed by atoms with E-state index in [9.17, 15) is 4.79 Å². The highest BCUT2D eigenvalue weighted by Crippen LogP contribution is 2.28. The highest BCUT2D eigenvalue weighted by molar-refractivity contribution is 5.66. The van der Waals surface area contributed by atoms with Crippen molar-refractivity contribution < 1.29 is 19.4 Å². The van der Waals surface area contributed by atoms with Crippen LogP contribution in [0.5, 0.6) is 5.75 Å². The Balaban J connectivity index is 1.60. The second-order valence-corrected chi connectivity index (χ2v) is 7.10. The summed E-state index contributed by atoms with van der Waals surface area (Å²) in [6, 6.07) is 14.4. The molecular formula is C22H27NO4. The lowest BCUT2D eigenvalue weighted by Crippen LogP contribution is -2.39. The number of carboxylic acids is 1. The largest absolute Gasteiger partial charge is 0.489 e. The maximum absolute atomic E-state index is 10.8. The quantitative estimate of drug-likeness (QED) is 0.806. The first-order valence-electron chi connectivity index (χ1n) is 9.36. The molecule has 1 fully saturated rings. The molecule has 0 aromatic heterocycles. The van der Waals surface area contributed by atoms with Crippen LogP contribution >= 0.6 is 0 Å². The predicted molar refractivity (Wildman–Crippen MR) is 104 cm³/mol. The standard InChI is InChI=1S/C22H27NO4/c1-16-3-5-18(6-4-16)15-27-19-7-8-20(17(2)13-19)21-14-23(11-12-26-21)10-9-22(24)25/h3-8,13,21H,9-12,14-15H2,1-2H3,(H,24,25). The average Bonchev–Trinajstić information content (AvgIpc) is 2.66. The number of rotatable bonds is 7. The highest BCUT2D eigenvalue weighted by Gasteiger charge is 2.23. The lowest BCUT2D eigenvalue weighted by Gasteiger charge is -2.33. The summed E-state index contributed by atoms with van der Waals surface area (Å²) in [6.45, 7) is 7.36. The van der Waals surface area contributed by atoms with Crippen LogP contribution < -0.4 is 4.74 Å². The molecule has 0 aliphatic carbocycles. The summed E-state index contributed by atoms with van der Waals surface area (Å²) in [5.41, 5.74) is 4.65. The van der Waals surface area contributed by atoms with Gasteiger partial charge in [0.25, 0.3) is 0 Å². The molecule has 1 heterocycles. The van der Waals surface area contributed by atoms with E-state index in [1.807, 2.05) is 12.1 Å². The van der Waals surface area contributed by atoms with Crippen molar-refractivity contribution in [2.75, 3.05) is 26.2 Å². The van der Waals surface area contributed by atoms with Crippen molar-refractivity contribution in [2.45, 2.75) is 33.0 Å². The van der Waals surface area contributed by atoms with Gasteiger partial charge in [-0.25, -0.2) is 0 Å². The lowest BCUT2D eigenvalue weighted by molar-refractivity contribution is -0.137. The Labute approximate surface area is 160 Å². The Hall–Kier alpha value is -2.37. The van der Waals surface area contributed by atoms with Crippen LogP contribution in [0, 0.1) is 13.8 Å². The summed E-state index contributed by atoms with van der Waals surface area (Å²) < 4.78 is 11.9. The molecule has 0 spiro atoms. The Morgan fingerprint density at radius 2 is 2.00 bits per heavy atom.